The van der Waals surface area contributed by atoms with E-state index in [1.807, 2.05) is 0 Å². The third-order valence-corrected chi connectivity index (χ3v) is 2.65. The Bertz CT molecular complexity index is 112. The standard InChI is InChI=1S/C9H20N2/c1-7(2)9-6-10-4-5-11-8(9)3/h7-11H,4-6H2,1-3H3. The van der Waals surface area contributed by atoms with E-state index in [0.29, 0.717) is 6.04 Å². The third-order valence-electron chi connectivity index (χ3n) is 2.65. The summed E-state index contributed by atoms with van der Waals surface area (Å²) < 4.78 is 0. The SMILES string of the molecule is CC(C)C1CNCCNC1C. The zero-order chi connectivity index (χ0) is 8.27. The van der Waals surface area contributed by atoms with Gasteiger partial charge in [0, 0.05) is 19.1 Å². The largest absolute Gasteiger partial charge is 0.315 e. The smallest absolute Gasteiger partial charge is 0.00821 e. The molecule has 66 valence electrons. The summed E-state index contributed by atoms with van der Waals surface area (Å²) in [4.78, 5) is 0. The van der Waals surface area contributed by atoms with Crippen molar-refractivity contribution in [3.8, 4) is 0 Å². The summed E-state index contributed by atoms with van der Waals surface area (Å²) in [6.45, 7) is 10.3. The van der Waals surface area contributed by atoms with E-state index in [1.54, 1.807) is 0 Å². The molecule has 1 rings (SSSR count). The van der Waals surface area contributed by atoms with E-state index in [2.05, 4.69) is 31.4 Å². The van der Waals surface area contributed by atoms with Crippen molar-refractivity contribution in [2.24, 2.45) is 11.8 Å². The van der Waals surface area contributed by atoms with Gasteiger partial charge in [0.2, 0.25) is 0 Å². The lowest BCUT2D eigenvalue weighted by Gasteiger charge is -2.25. The van der Waals surface area contributed by atoms with Gasteiger partial charge in [-0.3, -0.25) is 0 Å². The topological polar surface area (TPSA) is 24.1 Å². The van der Waals surface area contributed by atoms with Crippen LogP contribution in [0.25, 0.3) is 0 Å². The molecule has 1 heterocycles. The highest BCUT2D eigenvalue weighted by atomic mass is 15.0. The summed E-state index contributed by atoms with van der Waals surface area (Å²) in [5.74, 6) is 1.57. The molecule has 0 aliphatic carbocycles. The van der Waals surface area contributed by atoms with Crippen LogP contribution in [0.1, 0.15) is 20.8 Å². The Morgan fingerprint density at radius 3 is 2.64 bits per heavy atom. The fourth-order valence-electron chi connectivity index (χ4n) is 1.80. The summed E-state index contributed by atoms with van der Waals surface area (Å²) in [6.07, 6.45) is 0. The Morgan fingerprint density at radius 1 is 1.27 bits per heavy atom. The van der Waals surface area contributed by atoms with Crippen LogP contribution in [0.4, 0.5) is 0 Å². The van der Waals surface area contributed by atoms with Crippen molar-refractivity contribution in [3.05, 3.63) is 0 Å². The first-order valence-electron chi connectivity index (χ1n) is 4.66. The van der Waals surface area contributed by atoms with Gasteiger partial charge in [-0.05, 0) is 25.3 Å². The molecule has 0 aromatic carbocycles. The average Bonchev–Trinajstić information content (AvgIpc) is 2.13. The molecule has 0 amide bonds. The maximum Gasteiger partial charge on any atom is 0.00821 e. The molecule has 0 spiro atoms. The van der Waals surface area contributed by atoms with Gasteiger partial charge >= 0.3 is 0 Å². The monoisotopic (exact) mass is 156 g/mol. The molecule has 1 aliphatic heterocycles. The second-order valence-electron chi connectivity index (χ2n) is 3.85. The van der Waals surface area contributed by atoms with Gasteiger partial charge in [-0.15, -0.1) is 0 Å². The Kier molecular flexibility index (Phi) is 3.34. The van der Waals surface area contributed by atoms with Crippen LogP contribution in [0.15, 0.2) is 0 Å². The van der Waals surface area contributed by atoms with Crippen LogP contribution in [-0.2, 0) is 0 Å². The lowest BCUT2D eigenvalue weighted by Crippen LogP contribution is -2.36. The third kappa shape index (κ3) is 2.46. The Morgan fingerprint density at radius 2 is 2.00 bits per heavy atom. The van der Waals surface area contributed by atoms with Crippen molar-refractivity contribution in [2.75, 3.05) is 19.6 Å². The highest BCUT2D eigenvalue weighted by Crippen LogP contribution is 2.15. The van der Waals surface area contributed by atoms with Crippen LogP contribution in [0, 0.1) is 11.8 Å². The van der Waals surface area contributed by atoms with E-state index in [1.165, 1.54) is 6.54 Å². The molecule has 2 N–H and O–H groups in total. The van der Waals surface area contributed by atoms with Crippen LogP contribution < -0.4 is 10.6 Å². The van der Waals surface area contributed by atoms with Crippen LogP contribution >= 0.6 is 0 Å². The maximum absolute atomic E-state index is 3.51. The molecule has 2 atom stereocenters. The summed E-state index contributed by atoms with van der Waals surface area (Å²) in [6, 6.07) is 0.671. The molecule has 11 heavy (non-hydrogen) atoms. The van der Waals surface area contributed by atoms with E-state index in [0.717, 1.165) is 24.9 Å². The molecular weight excluding hydrogens is 136 g/mol. The van der Waals surface area contributed by atoms with Crippen LogP contribution in [0.5, 0.6) is 0 Å². The molecule has 0 radical (unpaired) electrons. The van der Waals surface area contributed by atoms with Gasteiger partial charge in [-0.25, -0.2) is 0 Å². The zero-order valence-corrected chi connectivity index (χ0v) is 7.85. The summed E-state index contributed by atoms with van der Waals surface area (Å²) in [7, 11) is 0. The Labute approximate surface area is 69.8 Å². The molecule has 2 unspecified atom stereocenters. The zero-order valence-electron chi connectivity index (χ0n) is 7.85. The van der Waals surface area contributed by atoms with Crippen molar-refractivity contribution >= 4 is 0 Å². The Balaban J connectivity index is 2.45. The highest BCUT2D eigenvalue weighted by Gasteiger charge is 2.21. The number of hydrogen-bond acceptors (Lipinski definition) is 2. The minimum atomic E-state index is 0.671. The predicted molar refractivity (Wildman–Crippen MR) is 48.7 cm³/mol. The van der Waals surface area contributed by atoms with Gasteiger partial charge in [0.15, 0.2) is 0 Å². The van der Waals surface area contributed by atoms with Crippen molar-refractivity contribution < 1.29 is 0 Å². The van der Waals surface area contributed by atoms with Crippen LogP contribution in [-0.4, -0.2) is 25.7 Å². The van der Waals surface area contributed by atoms with E-state index in [9.17, 15) is 0 Å². The molecular formula is C9H20N2. The molecule has 0 aromatic heterocycles. The minimum Gasteiger partial charge on any atom is -0.315 e. The molecule has 1 aliphatic rings. The van der Waals surface area contributed by atoms with Gasteiger partial charge in [-0.1, -0.05) is 13.8 Å². The van der Waals surface area contributed by atoms with Gasteiger partial charge in [0.1, 0.15) is 0 Å². The molecule has 0 bridgehead atoms. The highest BCUT2D eigenvalue weighted by molar-refractivity contribution is 4.79. The van der Waals surface area contributed by atoms with Crippen molar-refractivity contribution in [2.45, 2.75) is 26.8 Å². The fraction of sp³-hybridized carbons (Fsp3) is 1.00. The average molecular weight is 156 g/mol. The molecule has 2 nitrogen and oxygen atoms in total. The quantitative estimate of drug-likeness (QED) is 0.588. The number of rotatable bonds is 1. The van der Waals surface area contributed by atoms with Crippen molar-refractivity contribution in [3.63, 3.8) is 0 Å². The van der Waals surface area contributed by atoms with Crippen LogP contribution in [0.3, 0.4) is 0 Å². The fourth-order valence-corrected chi connectivity index (χ4v) is 1.80. The van der Waals surface area contributed by atoms with Gasteiger partial charge in [0.25, 0.3) is 0 Å². The van der Waals surface area contributed by atoms with E-state index in [4.69, 9.17) is 0 Å². The van der Waals surface area contributed by atoms with Gasteiger partial charge in [0.05, 0.1) is 0 Å². The lowest BCUT2D eigenvalue weighted by atomic mass is 9.89. The van der Waals surface area contributed by atoms with E-state index in [-0.39, 0.29) is 0 Å². The lowest BCUT2D eigenvalue weighted by molar-refractivity contribution is 0.307. The van der Waals surface area contributed by atoms with Crippen LogP contribution in [0.2, 0.25) is 0 Å². The molecule has 1 saturated heterocycles. The van der Waals surface area contributed by atoms with Gasteiger partial charge in [-0.2, -0.15) is 0 Å². The summed E-state index contributed by atoms with van der Waals surface area (Å²) in [5, 5.41) is 6.96. The minimum absolute atomic E-state index is 0.671. The second kappa shape index (κ2) is 4.07. The maximum atomic E-state index is 3.51. The number of nitrogens with one attached hydrogen (secondary N) is 2. The molecule has 1 fully saturated rings. The number of hydrogen-bond donors (Lipinski definition) is 2. The van der Waals surface area contributed by atoms with E-state index < -0.39 is 0 Å². The van der Waals surface area contributed by atoms with E-state index >= 15 is 0 Å². The Hall–Kier alpha value is -0.0800. The normalized spacial score (nSPS) is 33.8. The van der Waals surface area contributed by atoms with Gasteiger partial charge < -0.3 is 10.6 Å². The molecule has 0 saturated carbocycles. The molecule has 2 heteroatoms. The first-order valence-corrected chi connectivity index (χ1v) is 4.66. The summed E-state index contributed by atoms with van der Waals surface area (Å²) >= 11 is 0. The second-order valence-corrected chi connectivity index (χ2v) is 3.85. The van der Waals surface area contributed by atoms with Crippen molar-refractivity contribution in [1.29, 1.82) is 0 Å². The first kappa shape index (κ1) is 9.01. The first-order chi connectivity index (χ1) is 5.22. The predicted octanol–water partition coefficient (Wildman–Crippen LogP) is 0.840. The summed E-state index contributed by atoms with van der Waals surface area (Å²) in [5.41, 5.74) is 0. The van der Waals surface area contributed by atoms with Crippen molar-refractivity contribution in [1.82, 2.24) is 10.6 Å². The molecule has 0 aromatic rings.